The number of benzene rings is 2. The normalized spacial score (nSPS) is 10.6. The lowest BCUT2D eigenvalue weighted by atomic mass is 10.0. The molecule has 2 rings (SSSR count). The second kappa shape index (κ2) is 8.57. The minimum Gasteiger partial charge on any atom is -0.492 e. The van der Waals surface area contributed by atoms with Gasteiger partial charge in [-0.15, -0.1) is 0 Å². The fraction of sp³-hybridized carbons (Fsp3) is 0.294. The Morgan fingerprint density at radius 1 is 1.05 bits per heavy atom. The number of ether oxygens (including phenoxy) is 1. The van der Waals surface area contributed by atoms with Crippen LogP contribution >= 0.6 is 31.9 Å². The molecule has 0 radical (unpaired) electrons. The van der Waals surface area contributed by atoms with Crippen molar-refractivity contribution in [3.8, 4) is 16.9 Å². The molecule has 0 aliphatic heterocycles. The standard InChI is InChI=1S/C17H19Br2NO/c1-20-9-5-6-10-21-17-15(11-14(18)12-16(17)19)13-7-3-2-4-8-13/h2-4,7-8,11-12,20H,5-6,9-10H2,1H3. The predicted molar refractivity (Wildman–Crippen MR) is 95.9 cm³/mol. The fourth-order valence-corrected chi connectivity index (χ4v) is 3.46. The minimum absolute atomic E-state index is 0.724. The lowest BCUT2D eigenvalue weighted by Gasteiger charge is -2.14. The SMILES string of the molecule is CNCCCCOc1c(Br)cc(Br)cc1-c1ccccc1. The van der Waals surface area contributed by atoms with Gasteiger partial charge >= 0.3 is 0 Å². The maximum atomic E-state index is 6.03. The van der Waals surface area contributed by atoms with Crippen molar-refractivity contribution in [3.63, 3.8) is 0 Å². The highest BCUT2D eigenvalue weighted by Gasteiger charge is 2.12. The lowest BCUT2D eigenvalue weighted by molar-refractivity contribution is 0.306. The minimum atomic E-state index is 0.724. The van der Waals surface area contributed by atoms with Gasteiger partial charge in [0.05, 0.1) is 11.1 Å². The molecule has 0 aliphatic rings. The van der Waals surface area contributed by atoms with Crippen molar-refractivity contribution >= 4 is 31.9 Å². The van der Waals surface area contributed by atoms with Gasteiger partial charge in [0, 0.05) is 10.0 Å². The van der Waals surface area contributed by atoms with E-state index in [0.717, 1.165) is 51.8 Å². The van der Waals surface area contributed by atoms with Gasteiger partial charge in [0.2, 0.25) is 0 Å². The Kier molecular flexibility index (Phi) is 6.74. The summed E-state index contributed by atoms with van der Waals surface area (Å²) in [6.45, 7) is 1.75. The molecule has 0 atom stereocenters. The van der Waals surface area contributed by atoms with E-state index < -0.39 is 0 Å². The maximum absolute atomic E-state index is 6.03. The summed E-state index contributed by atoms with van der Waals surface area (Å²) in [4.78, 5) is 0. The van der Waals surface area contributed by atoms with Crippen molar-refractivity contribution in [1.29, 1.82) is 0 Å². The van der Waals surface area contributed by atoms with E-state index in [-0.39, 0.29) is 0 Å². The summed E-state index contributed by atoms with van der Waals surface area (Å²) in [5.41, 5.74) is 2.26. The third-order valence-corrected chi connectivity index (χ3v) is 4.21. The van der Waals surface area contributed by atoms with E-state index in [9.17, 15) is 0 Å². The number of nitrogens with one attached hydrogen (secondary N) is 1. The Hall–Kier alpha value is -0.840. The van der Waals surface area contributed by atoms with Crippen molar-refractivity contribution in [2.24, 2.45) is 0 Å². The first-order valence-electron chi connectivity index (χ1n) is 7.04. The van der Waals surface area contributed by atoms with Crippen LogP contribution in [0.15, 0.2) is 51.4 Å². The molecule has 112 valence electrons. The van der Waals surface area contributed by atoms with Crippen LogP contribution in [-0.4, -0.2) is 20.2 Å². The molecule has 0 saturated carbocycles. The Balaban J connectivity index is 2.19. The van der Waals surface area contributed by atoms with Gasteiger partial charge in [0.15, 0.2) is 0 Å². The highest BCUT2D eigenvalue weighted by molar-refractivity contribution is 9.11. The summed E-state index contributed by atoms with van der Waals surface area (Å²) in [7, 11) is 1.97. The van der Waals surface area contributed by atoms with Gasteiger partial charge in [-0.2, -0.15) is 0 Å². The van der Waals surface area contributed by atoms with Gasteiger partial charge in [0.25, 0.3) is 0 Å². The summed E-state index contributed by atoms with van der Waals surface area (Å²) in [6.07, 6.45) is 2.16. The quantitative estimate of drug-likeness (QED) is 0.626. The average Bonchev–Trinajstić information content (AvgIpc) is 2.49. The predicted octanol–water partition coefficient (Wildman–Crippen LogP) is 5.26. The second-order valence-corrected chi connectivity index (χ2v) is 6.56. The maximum Gasteiger partial charge on any atom is 0.141 e. The number of halogens is 2. The van der Waals surface area contributed by atoms with E-state index in [0.29, 0.717) is 0 Å². The number of unbranched alkanes of at least 4 members (excludes halogenated alkanes) is 1. The molecule has 4 heteroatoms. The lowest BCUT2D eigenvalue weighted by Crippen LogP contribution is -2.09. The molecule has 0 amide bonds. The van der Waals surface area contributed by atoms with Crippen LogP contribution in [0.25, 0.3) is 11.1 Å². The zero-order valence-corrected chi connectivity index (χ0v) is 15.2. The molecule has 0 unspecified atom stereocenters. The van der Waals surface area contributed by atoms with Gasteiger partial charge in [-0.05, 0) is 60.1 Å². The second-order valence-electron chi connectivity index (χ2n) is 4.79. The first-order chi connectivity index (χ1) is 10.2. The molecular formula is C17H19Br2NO. The monoisotopic (exact) mass is 411 g/mol. The van der Waals surface area contributed by atoms with Gasteiger partial charge in [-0.3, -0.25) is 0 Å². The Morgan fingerprint density at radius 3 is 2.52 bits per heavy atom. The van der Waals surface area contributed by atoms with E-state index in [1.54, 1.807) is 0 Å². The van der Waals surface area contributed by atoms with E-state index in [1.807, 2.05) is 31.3 Å². The Labute approximate surface area is 143 Å². The molecule has 0 saturated heterocycles. The Morgan fingerprint density at radius 2 is 1.81 bits per heavy atom. The van der Waals surface area contributed by atoms with E-state index in [2.05, 4.69) is 55.4 Å². The van der Waals surface area contributed by atoms with Gasteiger partial charge in [0.1, 0.15) is 5.75 Å². The van der Waals surface area contributed by atoms with Crippen molar-refractivity contribution in [2.75, 3.05) is 20.2 Å². The molecule has 2 aromatic rings. The molecule has 2 nitrogen and oxygen atoms in total. The van der Waals surface area contributed by atoms with Crippen LogP contribution in [0.2, 0.25) is 0 Å². The van der Waals surface area contributed by atoms with Crippen LogP contribution < -0.4 is 10.1 Å². The van der Waals surface area contributed by atoms with Gasteiger partial charge < -0.3 is 10.1 Å². The number of rotatable bonds is 7. The molecule has 2 aromatic carbocycles. The molecule has 1 N–H and O–H groups in total. The molecule has 0 fully saturated rings. The fourth-order valence-electron chi connectivity index (χ4n) is 2.12. The highest BCUT2D eigenvalue weighted by atomic mass is 79.9. The van der Waals surface area contributed by atoms with Crippen LogP contribution in [0.3, 0.4) is 0 Å². The van der Waals surface area contributed by atoms with E-state index >= 15 is 0 Å². The summed E-state index contributed by atoms with van der Waals surface area (Å²) in [5.74, 6) is 0.911. The molecule has 21 heavy (non-hydrogen) atoms. The number of hydrogen-bond acceptors (Lipinski definition) is 2. The molecule has 0 bridgehead atoms. The largest absolute Gasteiger partial charge is 0.492 e. The summed E-state index contributed by atoms with van der Waals surface area (Å²) in [6, 6.07) is 14.4. The van der Waals surface area contributed by atoms with Gasteiger partial charge in [-0.25, -0.2) is 0 Å². The van der Waals surface area contributed by atoms with Crippen LogP contribution in [0.4, 0.5) is 0 Å². The topological polar surface area (TPSA) is 21.3 Å². The van der Waals surface area contributed by atoms with Crippen LogP contribution in [0.1, 0.15) is 12.8 Å². The Bertz CT molecular complexity index is 573. The first-order valence-corrected chi connectivity index (χ1v) is 8.63. The smallest absolute Gasteiger partial charge is 0.141 e. The zero-order valence-electron chi connectivity index (χ0n) is 12.0. The molecule has 0 aliphatic carbocycles. The third kappa shape index (κ3) is 4.83. The van der Waals surface area contributed by atoms with Crippen molar-refractivity contribution in [2.45, 2.75) is 12.8 Å². The van der Waals surface area contributed by atoms with E-state index in [4.69, 9.17) is 4.74 Å². The summed E-state index contributed by atoms with van der Waals surface area (Å²) in [5, 5.41) is 3.15. The van der Waals surface area contributed by atoms with E-state index in [1.165, 1.54) is 0 Å². The average molecular weight is 413 g/mol. The summed E-state index contributed by atoms with van der Waals surface area (Å²) < 4.78 is 8.04. The van der Waals surface area contributed by atoms with Crippen molar-refractivity contribution in [1.82, 2.24) is 5.32 Å². The van der Waals surface area contributed by atoms with Crippen molar-refractivity contribution in [3.05, 3.63) is 51.4 Å². The van der Waals surface area contributed by atoms with Crippen molar-refractivity contribution < 1.29 is 4.74 Å². The van der Waals surface area contributed by atoms with Crippen LogP contribution in [0, 0.1) is 0 Å². The molecular weight excluding hydrogens is 394 g/mol. The van der Waals surface area contributed by atoms with Crippen LogP contribution in [-0.2, 0) is 0 Å². The first kappa shape index (κ1) is 16.5. The number of hydrogen-bond donors (Lipinski definition) is 1. The summed E-state index contributed by atoms with van der Waals surface area (Å²) >= 11 is 7.16. The molecule has 0 aromatic heterocycles. The zero-order chi connectivity index (χ0) is 15.1. The van der Waals surface area contributed by atoms with Crippen LogP contribution in [0.5, 0.6) is 5.75 Å². The molecule has 0 spiro atoms. The highest BCUT2D eigenvalue weighted by Crippen LogP contribution is 2.39. The molecule has 0 heterocycles. The third-order valence-electron chi connectivity index (χ3n) is 3.16. The van der Waals surface area contributed by atoms with Gasteiger partial charge in [-0.1, -0.05) is 46.3 Å².